The summed E-state index contributed by atoms with van der Waals surface area (Å²) in [5, 5.41) is 15.3. The van der Waals surface area contributed by atoms with Gasteiger partial charge in [0.15, 0.2) is 0 Å². The van der Waals surface area contributed by atoms with Gasteiger partial charge in [0.1, 0.15) is 6.04 Å². The van der Waals surface area contributed by atoms with Crippen molar-refractivity contribution in [2.24, 2.45) is 17.8 Å². The minimum Gasteiger partial charge on any atom is -0.396 e. The van der Waals surface area contributed by atoms with Gasteiger partial charge in [-0.1, -0.05) is 13.8 Å². The fourth-order valence-corrected chi connectivity index (χ4v) is 8.16. The Labute approximate surface area is 190 Å². The number of hydrogen-bond acceptors (Lipinski definition) is 5. The van der Waals surface area contributed by atoms with Gasteiger partial charge in [0.2, 0.25) is 17.7 Å². The fraction of sp³-hybridized carbons (Fsp3) is 0.870. The van der Waals surface area contributed by atoms with E-state index >= 15 is 0 Å². The quantitative estimate of drug-likeness (QED) is 0.464. The van der Waals surface area contributed by atoms with Crippen molar-refractivity contribution >= 4 is 29.5 Å². The molecule has 0 aromatic rings. The van der Waals surface area contributed by atoms with Crippen molar-refractivity contribution in [3.8, 4) is 0 Å². The average molecular weight is 454 g/mol. The van der Waals surface area contributed by atoms with Crippen molar-refractivity contribution in [2.45, 2.75) is 88.3 Å². The third-order valence-electron chi connectivity index (χ3n) is 6.90. The van der Waals surface area contributed by atoms with E-state index in [0.717, 1.165) is 25.7 Å². The number of thioether (sulfide) groups is 1. The summed E-state index contributed by atoms with van der Waals surface area (Å²) < 4.78 is -0.553. The normalized spacial score (nSPS) is 34.2. The molecule has 3 heterocycles. The first-order valence-electron chi connectivity index (χ1n) is 11.8. The maximum absolute atomic E-state index is 13.8. The summed E-state index contributed by atoms with van der Waals surface area (Å²) in [5.74, 6) is -0.825. The van der Waals surface area contributed by atoms with Crippen LogP contribution in [0.4, 0.5) is 0 Å². The third kappa shape index (κ3) is 4.34. The highest BCUT2D eigenvalue weighted by Gasteiger charge is 2.75. The number of unbranched alkanes of at least 4 members (excludes halogenated alkanes) is 2. The molecule has 3 N–H and O–H groups in total. The molecule has 0 saturated carbocycles. The first-order chi connectivity index (χ1) is 14.6. The van der Waals surface area contributed by atoms with Gasteiger partial charge in [-0.15, -0.1) is 11.8 Å². The van der Waals surface area contributed by atoms with E-state index < -0.39 is 22.2 Å². The number of nitrogens with one attached hydrogen (secondary N) is 2. The molecule has 7 nitrogen and oxygen atoms in total. The molecule has 0 aromatic heterocycles. The van der Waals surface area contributed by atoms with Gasteiger partial charge < -0.3 is 20.6 Å². The van der Waals surface area contributed by atoms with Crippen molar-refractivity contribution in [1.82, 2.24) is 15.5 Å². The molecular weight excluding hydrogens is 414 g/mol. The molecule has 3 aliphatic heterocycles. The van der Waals surface area contributed by atoms with E-state index in [2.05, 4.69) is 17.6 Å². The van der Waals surface area contributed by atoms with Crippen LogP contribution in [-0.2, 0) is 14.4 Å². The van der Waals surface area contributed by atoms with E-state index in [0.29, 0.717) is 19.5 Å². The Kier molecular flexibility index (Phi) is 7.31. The molecule has 2 bridgehead atoms. The highest BCUT2D eigenvalue weighted by molar-refractivity contribution is 8.02. The molecule has 176 valence electrons. The molecule has 1 spiro atoms. The van der Waals surface area contributed by atoms with E-state index in [9.17, 15) is 14.4 Å². The summed E-state index contributed by atoms with van der Waals surface area (Å²) in [7, 11) is 0. The largest absolute Gasteiger partial charge is 0.396 e. The Morgan fingerprint density at radius 1 is 1.23 bits per heavy atom. The standard InChI is InChI=1S/C23H39N3O4S/c1-6-10-24-19(28)16-15-13-14(2)23(31-15)17(16)21(30)26(11-8-7-9-12-27)18(23)20(29)25-22(3,4)5/h14-18,27H,6-13H2,1-5H3,(H,24,28)(H,25,29)/t14?,15-,16+,17-,18?,23?/m0/s1. The maximum atomic E-state index is 13.8. The van der Waals surface area contributed by atoms with Crippen LogP contribution in [0.15, 0.2) is 0 Å². The smallest absolute Gasteiger partial charge is 0.244 e. The molecule has 0 aromatic carbocycles. The lowest BCUT2D eigenvalue weighted by atomic mass is 9.65. The Bertz CT molecular complexity index is 709. The lowest BCUT2D eigenvalue weighted by Gasteiger charge is -2.39. The van der Waals surface area contributed by atoms with E-state index in [-0.39, 0.29) is 41.4 Å². The van der Waals surface area contributed by atoms with Crippen LogP contribution in [0.5, 0.6) is 0 Å². The van der Waals surface area contributed by atoms with E-state index in [1.807, 2.05) is 27.7 Å². The highest BCUT2D eigenvalue weighted by atomic mass is 32.2. The Hall–Kier alpha value is -1.28. The van der Waals surface area contributed by atoms with Crippen LogP contribution in [-0.4, -0.2) is 69.0 Å². The van der Waals surface area contributed by atoms with Gasteiger partial charge in [0, 0.05) is 30.5 Å². The number of fused-ring (bicyclic) bond motifs is 1. The molecule has 0 radical (unpaired) electrons. The second-order valence-electron chi connectivity index (χ2n) is 10.4. The number of likely N-dealkylation sites (tertiary alicyclic amines) is 1. The molecule has 8 heteroatoms. The monoisotopic (exact) mass is 453 g/mol. The SMILES string of the molecule is CCCNC(=O)[C@@H]1[C@@H]2CC(C)C3(S2)C(C(=O)NC(C)(C)C)N(CCCCCO)C(=O)[C@H]13. The molecule has 3 aliphatic rings. The van der Waals surface area contributed by atoms with Gasteiger partial charge in [-0.3, -0.25) is 14.4 Å². The van der Waals surface area contributed by atoms with Crippen LogP contribution in [0.1, 0.15) is 66.7 Å². The molecule has 0 aliphatic carbocycles. The minimum absolute atomic E-state index is 0.0383. The highest BCUT2D eigenvalue weighted by Crippen LogP contribution is 2.68. The first kappa shape index (κ1) is 24.4. The second kappa shape index (κ2) is 9.30. The summed E-state index contributed by atoms with van der Waals surface area (Å²) in [5.41, 5.74) is -0.403. The Balaban J connectivity index is 1.95. The van der Waals surface area contributed by atoms with Crippen molar-refractivity contribution in [1.29, 1.82) is 0 Å². The van der Waals surface area contributed by atoms with Gasteiger partial charge in [0.05, 0.1) is 16.6 Å². The van der Waals surface area contributed by atoms with Crippen molar-refractivity contribution in [3.63, 3.8) is 0 Å². The van der Waals surface area contributed by atoms with Crippen LogP contribution in [0.3, 0.4) is 0 Å². The van der Waals surface area contributed by atoms with Crippen LogP contribution in [0, 0.1) is 17.8 Å². The molecule has 3 fully saturated rings. The van der Waals surface area contributed by atoms with Crippen LogP contribution in [0.2, 0.25) is 0 Å². The van der Waals surface area contributed by atoms with Gasteiger partial charge in [-0.2, -0.15) is 0 Å². The number of aliphatic hydroxyl groups excluding tert-OH is 1. The minimum atomic E-state index is -0.563. The Morgan fingerprint density at radius 2 is 1.94 bits per heavy atom. The summed E-state index contributed by atoms with van der Waals surface area (Å²) >= 11 is 1.72. The number of aliphatic hydroxyl groups is 1. The van der Waals surface area contributed by atoms with Gasteiger partial charge in [-0.25, -0.2) is 0 Å². The number of carbonyl (C=O) groups excluding carboxylic acids is 3. The number of carbonyl (C=O) groups is 3. The van der Waals surface area contributed by atoms with Crippen LogP contribution in [0.25, 0.3) is 0 Å². The number of rotatable bonds is 9. The first-order valence-corrected chi connectivity index (χ1v) is 12.6. The summed E-state index contributed by atoms with van der Waals surface area (Å²) in [6.45, 7) is 11.2. The lowest BCUT2D eigenvalue weighted by molar-refractivity contribution is -0.140. The molecule has 3 saturated heterocycles. The number of nitrogens with zero attached hydrogens (tertiary/aromatic N) is 1. The van der Waals surface area contributed by atoms with Crippen LogP contribution >= 0.6 is 11.8 Å². The predicted molar refractivity (Wildman–Crippen MR) is 123 cm³/mol. The van der Waals surface area contributed by atoms with Crippen molar-refractivity contribution in [3.05, 3.63) is 0 Å². The average Bonchev–Trinajstić information content (AvgIpc) is 3.26. The second-order valence-corrected chi connectivity index (χ2v) is 11.9. The van der Waals surface area contributed by atoms with Crippen molar-refractivity contribution < 1.29 is 19.5 Å². The molecule has 3 amide bonds. The zero-order valence-corrected chi connectivity index (χ0v) is 20.4. The fourth-order valence-electron chi connectivity index (χ4n) is 5.73. The van der Waals surface area contributed by atoms with Gasteiger partial charge in [-0.05, 0) is 58.8 Å². The van der Waals surface area contributed by atoms with Gasteiger partial charge >= 0.3 is 0 Å². The zero-order valence-electron chi connectivity index (χ0n) is 19.6. The van der Waals surface area contributed by atoms with Gasteiger partial charge in [0.25, 0.3) is 0 Å². The third-order valence-corrected chi connectivity index (χ3v) is 8.98. The van der Waals surface area contributed by atoms with E-state index in [1.165, 1.54) is 0 Å². The summed E-state index contributed by atoms with van der Waals surface area (Å²) in [6, 6.07) is -0.563. The number of amides is 3. The van der Waals surface area contributed by atoms with Crippen LogP contribution < -0.4 is 10.6 Å². The topological polar surface area (TPSA) is 98.7 Å². The molecular formula is C23H39N3O4S. The van der Waals surface area contributed by atoms with Crippen molar-refractivity contribution in [2.75, 3.05) is 19.7 Å². The molecule has 3 rings (SSSR count). The summed E-state index contributed by atoms with van der Waals surface area (Å²) in [6.07, 6.45) is 3.94. The predicted octanol–water partition coefficient (Wildman–Crippen LogP) is 1.93. The maximum Gasteiger partial charge on any atom is 0.244 e. The van der Waals surface area contributed by atoms with E-state index in [4.69, 9.17) is 5.11 Å². The lowest BCUT2D eigenvalue weighted by Crippen LogP contribution is -2.59. The Morgan fingerprint density at radius 3 is 2.55 bits per heavy atom. The number of hydrogen-bond donors (Lipinski definition) is 3. The molecule has 3 unspecified atom stereocenters. The zero-order chi connectivity index (χ0) is 23.0. The summed E-state index contributed by atoms with van der Waals surface area (Å²) in [4.78, 5) is 42.2. The molecule has 6 atom stereocenters. The van der Waals surface area contributed by atoms with E-state index in [1.54, 1.807) is 16.7 Å². The molecule has 31 heavy (non-hydrogen) atoms.